The average Bonchev–Trinajstić information content (AvgIpc) is 2.98. The topological polar surface area (TPSA) is 122 Å². The van der Waals surface area contributed by atoms with Crippen LogP contribution in [0, 0.1) is 19.3 Å². The van der Waals surface area contributed by atoms with E-state index in [2.05, 4.69) is 40.2 Å². The number of aryl methyl sites for hydroxylation is 2. The lowest BCUT2D eigenvalue weighted by molar-refractivity contribution is 0.0974. The smallest absolute Gasteiger partial charge is 0.258 e. The fraction of sp³-hybridized carbons (Fsp3) is 0.156. The van der Waals surface area contributed by atoms with Crippen LogP contribution in [0.5, 0.6) is 17.2 Å². The van der Waals surface area contributed by atoms with Gasteiger partial charge in [0.25, 0.3) is 11.8 Å². The second-order valence-electron chi connectivity index (χ2n) is 9.30. The van der Waals surface area contributed by atoms with Crippen LogP contribution in [0.1, 0.15) is 31.8 Å². The van der Waals surface area contributed by atoms with Crippen molar-refractivity contribution in [2.45, 2.75) is 13.8 Å². The zero-order valence-electron chi connectivity index (χ0n) is 23.5. The maximum Gasteiger partial charge on any atom is 0.258 e. The molecule has 0 heterocycles. The standard InChI is InChI=1S/C32H32N4O5/c1-19-6-9-21(10-7-19)22-11-13-23(14-12-22)30(37)35-26-18-25(15-8-20(26)2)34-32(33)36-31(38)24-16-27(39-3)29(41-5)28(17-24)40-4/h6-18H,1-5H3,(H,35,37)(H3,33,34,36,38). The molecule has 0 bridgehead atoms. The molecule has 210 valence electrons. The largest absolute Gasteiger partial charge is 0.493 e. The molecule has 0 aromatic heterocycles. The number of hydrogen-bond donors (Lipinski definition) is 4. The number of carbonyl (C=O) groups is 2. The second kappa shape index (κ2) is 12.7. The van der Waals surface area contributed by atoms with Gasteiger partial charge < -0.3 is 24.8 Å². The summed E-state index contributed by atoms with van der Waals surface area (Å²) in [5.74, 6) is -0.0591. The van der Waals surface area contributed by atoms with Gasteiger partial charge in [-0.25, -0.2) is 0 Å². The van der Waals surface area contributed by atoms with Gasteiger partial charge in [0.15, 0.2) is 17.5 Å². The van der Waals surface area contributed by atoms with Gasteiger partial charge >= 0.3 is 0 Å². The number of hydrogen-bond acceptors (Lipinski definition) is 6. The Morgan fingerprint density at radius 3 is 1.80 bits per heavy atom. The maximum absolute atomic E-state index is 13.0. The Kier molecular flexibility index (Phi) is 8.88. The molecule has 9 nitrogen and oxygen atoms in total. The predicted molar refractivity (Wildman–Crippen MR) is 161 cm³/mol. The molecule has 4 aromatic carbocycles. The van der Waals surface area contributed by atoms with Gasteiger partial charge in [0, 0.05) is 22.5 Å². The van der Waals surface area contributed by atoms with E-state index in [-0.39, 0.29) is 17.4 Å². The SMILES string of the molecule is COc1cc(C(=O)NC(=N)Nc2ccc(C)c(NC(=O)c3ccc(-c4ccc(C)cc4)cc3)c2)cc(OC)c1OC. The average molecular weight is 553 g/mol. The second-order valence-corrected chi connectivity index (χ2v) is 9.30. The molecule has 0 fully saturated rings. The van der Waals surface area contributed by atoms with Crippen molar-refractivity contribution in [2.75, 3.05) is 32.0 Å². The molecular weight excluding hydrogens is 520 g/mol. The molecule has 2 amide bonds. The Labute approximate surface area is 239 Å². The van der Waals surface area contributed by atoms with E-state index in [4.69, 9.17) is 19.6 Å². The Balaban J connectivity index is 1.42. The monoisotopic (exact) mass is 552 g/mol. The summed E-state index contributed by atoms with van der Waals surface area (Å²) >= 11 is 0. The molecule has 0 aliphatic carbocycles. The van der Waals surface area contributed by atoms with Gasteiger partial charge in [-0.1, -0.05) is 48.0 Å². The van der Waals surface area contributed by atoms with Gasteiger partial charge in [-0.05, 0) is 66.9 Å². The Bertz CT molecular complexity index is 1560. The minimum Gasteiger partial charge on any atom is -0.493 e. The molecule has 41 heavy (non-hydrogen) atoms. The Morgan fingerprint density at radius 1 is 0.659 bits per heavy atom. The van der Waals surface area contributed by atoms with Crippen molar-refractivity contribution in [3.8, 4) is 28.4 Å². The van der Waals surface area contributed by atoms with Crippen LogP contribution in [-0.4, -0.2) is 39.1 Å². The van der Waals surface area contributed by atoms with Crippen LogP contribution in [0.2, 0.25) is 0 Å². The molecule has 9 heteroatoms. The van der Waals surface area contributed by atoms with Crippen LogP contribution in [0.3, 0.4) is 0 Å². The van der Waals surface area contributed by atoms with Crippen molar-refractivity contribution in [1.82, 2.24) is 5.32 Å². The summed E-state index contributed by atoms with van der Waals surface area (Å²) in [5.41, 5.74) is 5.96. The fourth-order valence-electron chi connectivity index (χ4n) is 4.16. The maximum atomic E-state index is 13.0. The minimum atomic E-state index is -0.545. The third kappa shape index (κ3) is 6.83. The van der Waals surface area contributed by atoms with Gasteiger partial charge in [0.05, 0.1) is 21.3 Å². The van der Waals surface area contributed by atoms with E-state index < -0.39 is 5.91 Å². The summed E-state index contributed by atoms with van der Waals surface area (Å²) in [5, 5.41) is 16.5. The number of anilines is 2. The first kappa shape index (κ1) is 28.7. The number of nitrogens with one attached hydrogen (secondary N) is 4. The normalized spacial score (nSPS) is 10.4. The van der Waals surface area contributed by atoms with E-state index in [9.17, 15) is 9.59 Å². The number of benzene rings is 4. The van der Waals surface area contributed by atoms with Crippen LogP contribution in [-0.2, 0) is 0 Å². The molecule has 4 aromatic rings. The number of methoxy groups -OCH3 is 3. The summed E-state index contributed by atoms with van der Waals surface area (Å²) in [6, 6.07) is 23.9. The van der Waals surface area contributed by atoms with Gasteiger partial charge in [-0.3, -0.25) is 20.3 Å². The zero-order valence-corrected chi connectivity index (χ0v) is 23.5. The number of rotatable bonds is 8. The van der Waals surface area contributed by atoms with Crippen LogP contribution in [0.25, 0.3) is 11.1 Å². The zero-order chi connectivity index (χ0) is 29.5. The third-order valence-corrected chi connectivity index (χ3v) is 6.45. The van der Waals surface area contributed by atoms with E-state index in [0.29, 0.717) is 34.2 Å². The van der Waals surface area contributed by atoms with E-state index in [0.717, 1.165) is 16.7 Å². The first-order valence-corrected chi connectivity index (χ1v) is 12.8. The molecule has 0 atom stereocenters. The van der Waals surface area contributed by atoms with Crippen LogP contribution >= 0.6 is 0 Å². The van der Waals surface area contributed by atoms with E-state index in [1.165, 1.54) is 39.0 Å². The summed E-state index contributed by atoms with van der Waals surface area (Å²) in [7, 11) is 4.38. The highest BCUT2D eigenvalue weighted by molar-refractivity contribution is 6.10. The van der Waals surface area contributed by atoms with Gasteiger partial charge in [-0.2, -0.15) is 0 Å². The van der Waals surface area contributed by atoms with E-state index in [1.54, 1.807) is 24.3 Å². The van der Waals surface area contributed by atoms with Gasteiger partial charge in [0.2, 0.25) is 5.75 Å². The molecule has 0 spiro atoms. The lowest BCUT2D eigenvalue weighted by Crippen LogP contribution is -2.35. The van der Waals surface area contributed by atoms with Crippen molar-refractivity contribution in [1.29, 1.82) is 5.41 Å². The van der Waals surface area contributed by atoms with Crippen LogP contribution < -0.4 is 30.2 Å². The quantitative estimate of drug-likeness (QED) is 0.157. The summed E-state index contributed by atoms with van der Waals surface area (Å²) < 4.78 is 15.9. The molecule has 4 rings (SSSR count). The molecule has 0 aliphatic rings. The van der Waals surface area contributed by atoms with Crippen LogP contribution in [0.15, 0.2) is 78.9 Å². The third-order valence-electron chi connectivity index (χ3n) is 6.45. The molecule has 0 aliphatic heterocycles. The van der Waals surface area contributed by atoms with Gasteiger partial charge in [0.1, 0.15) is 0 Å². The Hall–Kier alpha value is -5.31. The number of ether oxygens (including phenoxy) is 3. The first-order valence-electron chi connectivity index (χ1n) is 12.8. The highest BCUT2D eigenvalue weighted by Gasteiger charge is 2.18. The molecular formula is C32H32N4O5. The van der Waals surface area contributed by atoms with Crippen molar-refractivity contribution in [3.05, 3.63) is 101 Å². The van der Waals surface area contributed by atoms with Crippen LogP contribution in [0.4, 0.5) is 11.4 Å². The van der Waals surface area contributed by atoms with Crippen molar-refractivity contribution in [3.63, 3.8) is 0 Å². The Morgan fingerprint density at radius 2 is 1.24 bits per heavy atom. The number of guanidine groups is 1. The van der Waals surface area contributed by atoms with Gasteiger partial charge in [-0.15, -0.1) is 0 Å². The molecule has 4 N–H and O–H groups in total. The first-order chi connectivity index (χ1) is 19.7. The lowest BCUT2D eigenvalue weighted by atomic mass is 10.0. The van der Waals surface area contributed by atoms with E-state index >= 15 is 0 Å². The highest BCUT2D eigenvalue weighted by atomic mass is 16.5. The van der Waals surface area contributed by atoms with E-state index in [1.807, 2.05) is 32.0 Å². The number of carbonyl (C=O) groups excluding carboxylic acids is 2. The van der Waals surface area contributed by atoms with Crippen molar-refractivity contribution < 1.29 is 23.8 Å². The predicted octanol–water partition coefficient (Wildman–Crippen LogP) is 6.03. The minimum absolute atomic E-state index is 0.219. The summed E-state index contributed by atoms with van der Waals surface area (Å²) in [4.78, 5) is 25.8. The molecule has 0 saturated carbocycles. The fourth-order valence-corrected chi connectivity index (χ4v) is 4.16. The lowest BCUT2D eigenvalue weighted by Gasteiger charge is -2.15. The number of amides is 2. The molecule has 0 radical (unpaired) electrons. The highest BCUT2D eigenvalue weighted by Crippen LogP contribution is 2.38. The van der Waals surface area contributed by atoms with Crippen molar-refractivity contribution in [2.24, 2.45) is 0 Å². The molecule has 0 saturated heterocycles. The summed E-state index contributed by atoms with van der Waals surface area (Å²) in [6.45, 7) is 3.91. The summed E-state index contributed by atoms with van der Waals surface area (Å²) in [6.07, 6.45) is 0. The molecule has 0 unspecified atom stereocenters. The van der Waals surface area contributed by atoms with Crippen molar-refractivity contribution >= 4 is 29.1 Å².